The highest BCUT2D eigenvalue weighted by Crippen LogP contribution is 2.24. The van der Waals surface area contributed by atoms with Gasteiger partial charge in [-0.3, -0.25) is 4.68 Å². The molecule has 0 bridgehead atoms. The Balaban J connectivity index is 1.60. The Morgan fingerprint density at radius 1 is 1.53 bits per heavy atom. The van der Waals surface area contributed by atoms with Crippen LogP contribution in [0, 0.1) is 0 Å². The van der Waals surface area contributed by atoms with E-state index in [1.165, 1.54) is 5.56 Å². The molecule has 6 heteroatoms. The lowest BCUT2D eigenvalue weighted by molar-refractivity contribution is 0.0404. The summed E-state index contributed by atoms with van der Waals surface area (Å²) in [5, 5.41) is 7.39. The highest BCUT2D eigenvalue weighted by molar-refractivity contribution is 5.74. The Morgan fingerprint density at radius 3 is 3.11 bits per heavy atom. The fourth-order valence-corrected chi connectivity index (χ4v) is 2.78. The maximum absolute atomic E-state index is 11.9. The molecule has 0 saturated carbocycles. The lowest BCUT2D eigenvalue weighted by Gasteiger charge is -2.23. The Bertz CT molecular complexity index is 465. The number of aromatic nitrogens is 2. The average Bonchev–Trinajstić information content (AvgIpc) is 3.03. The number of carbonyl (C=O) groups is 1. The maximum atomic E-state index is 11.9. The number of aryl methyl sites for hydroxylation is 1. The molecule has 2 amide bonds. The first-order chi connectivity index (χ1) is 9.24. The molecule has 1 aromatic rings. The van der Waals surface area contributed by atoms with Crippen molar-refractivity contribution in [1.82, 2.24) is 20.0 Å². The molecule has 2 aliphatic heterocycles. The van der Waals surface area contributed by atoms with E-state index in [1.54, 1.807) is 0 Å². The second kappa shape index (κ2) is 5.21. The van der Waals surface area contributed by atoms with Gasteiger partial charge >= 0.3 is 6.03 Å². The van der Waals surface area contributed by atoms with Crippen molar-refractivity contribution in [2.75, 3.05) is 26.2 Å². The van der Waals surface area contributed by atoms with E-state index < -0.39 is 0 Å². The lowest BCUT2D eigenvalue weighted by Crippen LogP contribution is -2.40. The number of carbonyl (C=O) groups excluding carboxylic acids is 1. The van der Waals surface area contributed by atoms with E-state index in [0.29, 0.717) is 13.2 Å². The number of ether oxygens (including phenoxy) is 1. The number of fused-ring (bicyclic) bond motifs is 1. The first kappa shape index (κ1) is 12.5. The zero-order chi connectivity index (χ0) is 13.2. The van der Waals surface area contributed by atoms with Crippen molar-refractivity contribution >= 4 is 6.03 Å². The van der Waals surface area contributed by atoms with E-state index in [4.69, 9.17) is 4.74 Å². The van der Waals surface area contributed by atoms with Gasteiger partial charge in [-0.1, -0.05) is 0 Å². The van der Waals surface area contributed by atoms with Crippen LogP contribution in [0.15, 0.2) is 6.20 Å². The van der Waals surface area contributed by atoms with Crippen molar-refractivity contribution < 1.29 is 9.53 Å². The summed E-state index contributed by atoms with van der Waals surface area (Å²) < 4.78 is 7.54. The van der Waals surface area contributed by atoms with Gasteiger partial charge in [0.1, 0.15) is 6.10 Å². The van der Waals surface area contributed by atoms with Crippen LogP contribution < -0.4 is 5.32 Å². The van der Waals surface area contributed by atoms with Crippen molar-refractivity contribution in [2.24, 2.45) is 7.05 Å². The predicted octanol–water partition coefficient (Wildman–Crippen LogP) is 0.839. The van der Waals surface area contributed by atoms with E-state index in [9.17, 15) is 4.79 Å². The molecular formula is C13H20N4O2. The number of nitrogens with one attached hydrogen (secondary N) is 1. The zero-order valence-electron chi connectivity index (χ0n) is 11.3. The van der Waals surface area contributed by atoms with Crippen LogP contribution in [0.2, 0.25) is 0 Å². The summed E-state index contributed by atoms with van der Waals surface area (Å²) in [5.41, 5.74) is 2.20. The van der Waals surface area contributed by atoms with Crippen LogP contribution in [-0.2, 0) is 18.2 Å². The minimum absolute atomic E-state index is 0.0177. The van der Waals surface area contributed by atoms with Gasteiger partial charge in [-0.25, -0.2) is 4.79 Å². The maximum Gasteiger partial charge on any atom is 0.317 e. The number of nitrogens with zero attached hydrogens (tertiary/aromatic N) is 3. The molecule has 1 aromatic heterocycles. The first-order valence-electron chi connectivity index (χ1n) is 6.91. The van der Waals surface area contributed by atoms with Gasteiger partial charge in [0.15, 0.2) is 0 Å². The van der Waals surface area contributed by atoms with E-state index in [2.05, 4.69) is 10.4 Å². The van der Waals surface area contributed by atoms with Gasteiger partial charge in [0.2, 0.25) is 0 Å². The molecule has 1 N–H and O–H groups in total. The molecule has 3 heterocycles. The highest BCUT2D eigenvalue weighted by atomic mass is 16.5. The number of rotatable bonds is 2. The van der Waals surface area contributed by atoms with Crippen LogP contribution in [0.25, 0.3) is 0 Å². The standard InChI is InChI=1S/C13H20N4O2/c1-16-9-10-4-7-19-11(12(10)15-16)8-14-13(18)17-5-2-3-6-17/h9,11H,2-8H2,1H3,(H,14,18)/t11-/m0/s1. The molecular weight excluding hydrogens is 244 g/mol. The third kappa shape index (κ3) is 2.58. The minimum atomic E-state index is -0.114. The molecule has 0 unspecified atom stereocenters. The minimum Gasteiger partial charge on any atom is -0.370 e. The fourth-order valence-electron chi connectivity index (χ4n) is 2.78. The second-order valence-corrected chi connectivity index (χ2v) is 5.20. The third-order valence-corrected chi connectivity index (χ3v) is 3.76. The molecule has 1 fully saturated rings. The quantitative estimate of drug-likeness (QED) is 0.861. The normalized spacial score (nSPS) is 22.4. The molecule has 19 heavy (non-hydrogen) atoms. The van der Waals surface area contributed by atoms with Gasteiger partial charge in [-0.2, -0.15) is 5.10 Å². The van der Waals surface area contributed by atoms with Gasteiger partial charge in [-0.05, 0) is 24.8 Å². The Hall–Kier alpha value is -1.56. The first-order valence-corrected chi connectivity index (χ1v) is 6.91. The fraction of sp³-hybridized carbons (Fsp3) is 0.692. The van der Waals surface area contributed by atoms with Crippen LogP contribution in [0.5, 0.6) is 0 Å². The average molecular weight is 264 g/mol. The molecule has 3 rings (SSSR count). The Kier molecular flexibility index (Phi) is 3.42. The molecule has 0 spiro atoms. The Labute approximate surface area is 112 Å². The van der Waals surface area contributed by atoms with E-state index >= 15 is 0 Å². The van der Waals surface area contributed by atoms with Gasteiger partial charge in [0.05, 0.1) is 18.8 Å². The van der Waals surface area contributed by atoms with E-state index in [1.807, 2.05) is 22.8 Å². The van der Waals surface area contributed by atoms with Crippen molar-refractivity contribution in [2.45, 2.75) is 25.4 Å². The summed E-state index contributed by atoms with van der Waals surface area (Å²) in [6.07, 6.45) is 5.04. The summed E-state index contributed by atoms with van der Waals surface area (Å²) in [6, 6.07) is 0.0177. The molecule has 2 aliphatic rings. The number of amides is 2. The summed E-state index contributed by atoms with van der Waals surface area (Å²) in [5.74, 6) is 0. The zero-order valence-corrected chi connectivity index (χ0v) is 11.3. The molecule has 104 valence electrons. The van der Waals surface area contributed by atoms with Crippen molar-refractivity contribution in [1.29, 1.82) is 0 Å². The summed E-state index contributed by atoms with van der Waals surface area (Å²) >= 11 is 0. The lowest BCUT2D eigenvalue weighted by atomic mass is 10.1. The van der Waals surface area contributed by atoms with Crippen molar-refractivity contribution in [3.05, 3.63) is 17.5 Å². The van der Waals surface area contributed by atoms with Gasteiger partial charge < -0.3 is 15.0 Å². The number of hydrogen-bond donors (Lipinski definition) is 1. The van der Waals surface area contributed by atoms with Gasteiger partial charge in [0, 0.05) is 26.3 Å². The number of hydrogen-bond acceptors (Lipinski definition) is 3. The summed E-state index contributed by atoms with van der Waals surface area (Å²) in [6.45, 7) is 2.93. The number of likely N-dealkylation sites (tertiary alicyclic amines) is 1. The summed E-state index contributed by atoms with van der Waals surface area (Å²) in [7, 11) is 1.91. The summed E-state index contributed by atoms with van der Waals surface area (Å²) in [4.78, 5) is 13.8. The largest absolute Gasteiger partial charge is 0.370 e. The van der Waals surface area contributed by atoms with Gasteiger partial charge in [-0.15, -0.1) is 0 Å². The third-order valence-electron chi connectivity index (χ3n) is 3.76. The van der Waals surface area contributed by atoms with Crippen LogP contribution in [0.3, 0.4) is 0 Å². The Morgan fingerprint density at radius 2 is 2.32 bits per heavy atom. The SMILES string of the molecule is Cn1cc2c(n1)[C@H](CNC(=O)N1CCCC1)OCC2. The van der Waals surface area contributed by atoms with Gasteiger partial charge in [0.25, 0.3) is 0 Å². The van der Waals surface area contributed by atoms with Crippen molar-refractivity contribution in [3.8, 4) is 0 Å². The highest BCUT2D eigenvalue weighted by Gasteiger charge is 2.26. The monoisotopic (exact) mass is 264 g/mol. The topological polar surface area (TPSA) is 59.4 Å². The molecule has 6 nitrogen and oxygen atoms in total. The van der Waals surface area contributed by atoms with E-state index in [0.717, 1.165) is 38.0 Å². The molecule has 1 atom stereocenters. The predicted molar refractivity (Wildman–Crippen MR) is 69.8 cm³/mol. The molecule has 0 aliphatic carbocycles. The van der Waals surface area contributed by atoms with Crippen LogP contribution in [-0.4, -0.2) is 47.0 Å². The molecule has 0 aromatic carbocycles. The number of urea groups is 1. The smallest absolute Gasteiger partial charge is 0.317 e. The second-order valence-electron chi connectivity index (χ2n) is 5.20. The van der Waals surface area contributed by atoms with Crippen LogP contribution in [0.1, 0.15) is 30.2 Å². The van der Waals surface area contributed by atoms with Crippen LogP contribution in [0.4, 0.5) is 4.79 Å². The molecule has 1 saturated heterocycles. The van der Waals surface area contributed by atoms with E-state index in [-0.39, 0.29) is 12.1 Å². The molecule has 0 radical (unpaired) electrons. The van der Waals surface area contributed by atoms with Crippen molar-refractivity contribution in [3.63, 3.8) is 0 Å². The van der Waals surface area contributed by atoms with Crippen LogP contribution >= 0.6 is 0 Å².